The van der Waals surface area contributed by atoms with Crippen LogP contribution in [0.3, 0.4) is 0 Å². The number of aromatic nitrogens is 1. The summed E-state index contributed by atoms with van der Waals surface area (Å²) in [5, 5.41) is 0. The van der Waals surface area contributed by atoms with E-state index in [-0.39, 0.29) is 18.4 Å². The maximum atomic E-state index is 12.7. The normalized spacial score (nSPS) is 14.6. The standard InChI is InChI=1S/C19H21N3O3/c1-3-15-12-14(8-9-20-15)19(24)21-10-11-22(18(23)13-21)16-6-4-5-7-17(16)25-2/h4-9,12H,3,10-11,13H2,1-2H3. The summed E-state index contributed by atoms with van der Waals surface area (Å²) in [6.45, 7) is 2.97. The van der Waals surface area contributed by atoms with Crippen molar-refractivity contribution >= 4 is 17.5 Å². The fourth-order valence-electron chi connectivity index (χ4n) is 2.94. The van der Waals surface area contributed by atoms with Crippen molar-refractivity contribution in [1.82, 2.24) is 9.88 Å². The van der Waals surface area contributed by atoms with Crippen LogP contribution in [0.5, 0.6) is 5.75 Å². The lowest BCUT2D eigenvalue weighted by atomic mass is 10.1. The summed E-state index contributed by atoms with van der Waals surface area (Å²) < 4.78 is 5.33. The summed E-state index contributed by atoms with van der Waals surface area (Å²) in [6, 6.07) is 10.9. The average Bonchev–Trinajstić information content (AvgIpc) is 2.67. The van der Waals surface area contributed by atoms with Gasteiger partial charge >= 0.3 is 0 Å². The summed E-state index contributed by atoms with van der Waals surface area (Å²) in [5.74, 6) is 0.399. The lowest BCUT2D eigenvalue weighted by molar-refractivity contribution is -0.120. The molecule has 1 aromatic carbocycles. The first-order valence-corrected chi connectivity index (χ1v) is 8.31. The van der Waals surface area contributed by atoms with Gasteiger partial charge in [0.15, 0.2) is 0 Å². The highest BCUT2D eigenvalue weighted by atomic mass is 16.5. The van der Waals surface area contributed by atoms with Gasteiger partial charge in [-0.05, 0) is 30.7 Å². The van der Waals surface area contributed by atoms with Crippen molar-refractivity contribution in [1.29, 1.82) is 0 Å². The molecule has 25 heavy (non-hydrogen) atoms. The highest BCUT2D eigenvalue weighted by molar-refractivity contribution is 6.02. The summed E-state index contributed by atoms with van der Waals surface area (Å²) in [5.41, 5.74) is 2.18. The highest BCUT2D eigenvalue weighted by Crippen LogP contribution is 2.29. The number of hydrogen-bond donors (Lipinski definition) is 0. The quantitative estimate of drug-likeness (QED) is 0.856. The van der Waals surface area contributed by atoms with E-state index in [1.165, 1.54) is 0 Å². The van der Waals surface area contributed by atoms with E-state index < -0.39 is 0 Å². The highest BCUT2D eigenvalue weighted by Gasteiger charge is 2.30. The molecule has 0 unspecified atom stereocenters. The molecule has 3 rings (SSSR count). The average molecular weight is 339 g/mol. The van der Waals surface area contributed by atoms with E-state index in [4.69, 9.17) is 4.74 Å². The Kier molecular flexibility index (Phi) is 4.97. The first-order valence-electron chi connectivity index (χ1n) is 8.31. The second kappa shape index (κ2) is 7.34. The Hall–Kier alpha value is -2.89. The van der Waals surface area contributed by atoms with Crippen molar-refractivity contribution in [3.8, 4) is 5.75 Å². The third-order valence-electron chi connectivity index (χ3n) is 4.31. The van der Waals surface area contributed by atoms with E-state index in [1.54, 1.807) is 35.2 Å². The minimum Gasteiger partial charge on any atom is -0.495 e. The fourth-order valence-corrected chi connectivity index (χ4v) is 2.94. The number of benzene rings is 1. The number of hydrogen-bond acceptors (Lipinski definition) is 4. The zero-order valence-corrected chi connectivity index (χ0v) is 14.4. The van der Waals surface area contributed by atoms with Gasteiger partial charge in [0.05, 0.1) is 12.8 Å². The lowest BCUT2D eigenvalue weighted by Crippen LogP contribution is -2.52. The third kappa shape index (κ3) is 3.47. The van der Waals surface area contributed by atoms with Crippen LogP contribution in [0.1, 0.15) is 23.0 Å². The van der Waals surface area contributed by atoms with Gasteiger partial charge in [-0.3, -0.25) is 14.6 Å². The number of ether oxygens (including phenoxy) is 1. The molecule has 0 N–H and O–H groups in total. The number of anilines is 1. The summed E-state index contributed by atoms with van der Waals surface area (Å²) in [6.07, 6.45) is 2.40. The van der Waals surface area contributed by atoms with E-state index in [2.05, 4.69) is 4.98 Å². The van der Waals surface area contributed by atoms with Gasteiger partial charge in [-0.2, -0.15) is 0 Å². The van der Waals surface area contributed by atoms with Crippen LogP contribution >= 0.6 is 0 Å². The van der Waals surface area contributed by atoms with Crippen molar-refractivity contribution in [2.75, 3.05) is 31.6 Å². The monoisotopic (exact) mass is 339 g/mol. The van der Waals surface area contributed by atoms with Crippen molar-refractivity contribution < 1.29 is 14.3 Å². The predicted molar refractivity (Wildman–Crippen MR) is 94.9 cm³/mol. The van der Waals surface area contributed by atoms with Crippen LogP contribution in [0, 0.1) is 0 Å². The van der Waals surface area contributed by atoms with Crippen LogP contribution < -0.4 is 9.64 Å². The van der Waals surface area contributed by atoms with E-state index >= 15 is 0 Å². The zero-order valence-electron chi connectivity index (χ0n) is 14.4. The SMILES string of the molecule is CCc1cc(C(=O)N2CCN(c3ccccc3OC)C(=O)C2)ccn1. The molecule has 0 atom stereocenters. The molecule has 0 spiro atoms. The molecule has 6 nitrogen and oxygen atoms in total. The summed E-state index contributed by atoms with van der Waals surface area (Å²) in [7, 11) is 1.58. The zero-order chi connectivity index (χ0) is 17.8. The van der Waals surface area contributed by atoms with Crippen LogP contribution in [0.25, 0.3) is 0 Å². The molecule has 1 aliphatic rings. The van der Waals surface area contributed by atoms with E-state index in [9.17, 15) is 9.59 Å². The van der Waals surface area contributed by atoms with Crippen molar-refractivity contribution in [3.63, 3.8) is 0 Å². The number of carbonyl (C=O) groups excluding carboxylic acids is 2. The molecule has 1 fully saturated rings. The van der Waals surface area contributed by atoms with Gasteiger partial charge in [0.2, 0.25) is 5.91 Å². The second-order valence-corrected chi connectivity index (χ2v) is 5.83. The van der Waals surface area contributed by atoms with Crippen LogP contribution in [-0.4, -0.2) is 48.4 Å². The van der Waals surface area contributed by atoms with E-state index in [0.29, 0.717) is 24.4 Å². The largest absolute Gasteiger partial charge is 0.495 e. The summed E-state index contributed by atoms with van der Waals surface area (Å²) >= 11 is 0. The van der Waals surface area contributed by atoms with Crippen molar-refractivity contribution in [2.45, 2.75) is 13.3 Å². The van der Waals surface area contributed by atoms with Gasteiger partial charge in [-0.1, -0.05) is 19.1 Å². The maximum Gasteiger partial charge on any atom is 0.254 e. The first-order chi connectivity index (χ1) is 12.1. The van der Waals surface area contributed by atoms with Gasteiger partial charge in [-0.25, -0.2) is 0 Å². The summed E-state index contributed by atoms with van der Waals surface area (Å²) in [4.78, 5) is 32.7. The number of nitrogens with zero attached hydrogens (tertiary/aromatic N) is 3. The molecule has 1 saturated heterocycles. The molecule has 0 radical (unpaired) electrons. The fraction of sp³-hybridized carbons (Fsp3) is 0.316. The molecule has 130 valence electrons. The van der Waals surface area contributed by atoms with Crippen LogP contribution in [-0.2, 0) is 11.2 Å². The third-order valence-corrected chi connectivity index (χ3v) is 4.31. The Morgan fingerprint density at radius 1 is 1.24 bits per heavy atom. The van der Waals surface area contributed by atoms with Gasteiger partial charge in [-0.15, -0.1) is 0 Å². The molecule has 1 aromatic heterocycles. The number of para-hydroxylation sites is 2. The van der Waals surface area contributed by atoms with Crippen LogP contribution in [0.2, 0.25) is 0 Å². The van der Waals surface area contributed by atoms with Crippen LogP contribution in [0.4, 0.5) is 5.69 Å². The van der Waals surface area contributed by atoms with Gasteiger partial charge in [0, 0.05) is 30.5 Å². The Morgan fingerprint density at radius 2 is 2.04 bits per heavy atom. The van der Waals surface area contributed by atoms with Crippen molar-refractivity contribution in [2.24, 2.45) is 0 Å². The number of rotatable bonds is 4. The molecule has 0 aliphatic carbocycles. The van der Waals surface area contributed by atoms with E-state index in [0.717, 1.165) is 17.8 Å². The molecule has 0 saturated carbocycles. The molecule has 6 heteroatoms. The number of carbonyl (C=O) groups is 2. The van der Waals surface area contributed by atoms with Gasteiger partial charge < -0.3 is 14.5 Å². The Bertz CT molecular complexity index is 791. The smallest absolute Gasteiger partial charge is 0.254 e. The number of pyridine rings is 1. The predicted octanol–water partition coefficient (Wildman–Crippen LogP) is 2.14. The molecule has 2 heterocycles. The number of piperazine rings is 1. The minimum absolute atomic E-state index is 0.0562. The lowest BCUT2D eigenvalue weighted by Gasteiger charge is -2.35. The van der Waals surface area contributed by atoms with Crippen LogP contribution in [0.15, 0.2) is 42.6 Å². The Labute approximate surface area is 147 Å². The minimum atomic E-state index is -0.134. The van der Waals surface area contributed by atoms with Crippen molar-refractivity contribution in [3.05, 3.63) is 53.9 Å². The van der Waals surface area contributed by atoms with Gasteiger partial charge in [0.1, 0.15) is 12.3 Å². The van der Waals surface area contributed by atoms with E-state index in [1.807, 2.05) is 31.2 Å². The molecular weight excluding hydrogens is 318 g/mol. The molecule has 2 aromatic rings. The Balaban J connectivity index is 1.75. The Morgan fingerprint density at radius 3 is 2.76 bits per heavy atom. The second-order valence-electron chi connectivity index (χ2n) is 5.83. The molecule has 2 amide bonds. The topological polar surface area (TPSA) is 62.7 Å². The molecular formula is C19H21N3O3. The molecule has 1 aliphatic heterocycles. The van der Waals surface area contributed by atoms with Gasteiger partial charge in [0.25, 0.3) is 5.91 Å². The number of aryl methyl sites for hydroxylation is 1. The number of methoxy groups -OCH3 is 1. The first kappa shape index (κ1) is 17.0. The molecule has 0 bridgehead atoms. The maximum absolute atomic E-state index is 12.7. The number of amides is 2.